The van der Waals surface area contributed by atoms with E-state index in [1.165, 1.54) is 19.3 Å². The van der Waals surface area contributed by atoms with Crippen LogP contribution in [0.4, 0.5) is 5.82 Å². The molecule has 1 aliphatic carbocycles. The van der Waals surface area contributed by atoms with Gasteiger partial charge in [-0.3, -0.25) is 0 Å². The standard InChI is InChI=1S/C15H23ClN4O/c1-3-10-4-6-11(7-5-10)20(2)15-13(16)12(8-9-18-15)14(17)19-21/h8-11,21H,3-7H2,1-2H3,(H2,17,19). The van der Waals surface area contributed by atoms with Crippen molar-refractivity contribution in [3.63, 3.8) is 0 Å². The second-order valence-electron chi connectivity index (χ2n) is 5.68. The highest BCUT2D eigenvalue weighted by Gasteiger charge is 2.25. The van der Waals surface area contributed by atoms with Gasteiger partial charge in [0.15, 0.2) is 5.84 Å². The van der Waals surface area contributed by atoms with Crippen LogP contribution in [0.1, 0.15) is 44.6 Å². The topological polar surface area (TPSA) is 74.7 Å². The van der Waals surface area contributed by atoms with E-state index in [-0.39, 0.29) is 5.84 Å². The summed E-state index contributed by atoms with van der Waals surface area (Å²) in [6, 6.07) is 2.10. The Bertz CT molecular complexity index is 512. The summed E-state index contributed by atoms with van der Waals surface area (Å²) in [5, 5.41) is 12.3. The smallest absolute Gasteiger partial charge is 0.171 e. The lowest BCUT2D eigenvalue weighted by Crippen LogP contribution is -2.36. The maximum Gasteiger partial charge on any atom is 0.171 e. The molecule has 1 aromatic rings. The zero-order chi connectivity index (χ0) is 15.4. The van der Waals surface area contributed by atoms with Crippen LogP contribution in [0.15, 0.2) is 17.4 Å². The van der Waals surface area contributed by atoms with Crippen LogP contribution in [0.25, 0.3) is 0 Å². The number of hydrogen-bond donors (Lipinski definition) is 2. The highest BCUT2D eigenvalue weighted by atomic mass is 35.5. The minimum atomic E-state index is 0.00624. The Hall–Kier alpha value is -1.49. The molecule has 0 spiro atoms. The normalized spacial score (nSPS) is 23.1. The SMILES string of the molecule is CCC1CCC(N(C)c2nccc(/C(N)=N/O)c2Cl)CC1. The van der Waals surface area contributed by atoms with E-state index in [2.05, 4.69) is 22.0 Å². The molecule has 1 fully saturated rings. The van der Waals surface area contributed by atoms with Crippen molar-refractivity contribution >= 4 is 23.3 Å². The summed E-state index contributed by atoms with van der Waals surface area (Å²) in [5.74, 6) is 1.55. The first-order valence-electron chi connectivity index (χ1n) is 7.43. The number of anilines is 1. The van der Waals surface area contributed by atoms with Crippen LogP contribution in [-0.4, -0.2) is 29.1 Å². The average molecular weight is 311 g/mol. The fourth-order valence-electron chi connectivity index (χ4n) is 3.04. The van der Waals surface area contributed by atoms with Gasteiger partial charge in [-0.2, -0.15) is 0 Å². The van der Waals surface area contributed by atoms with Crippen LogP contribution >= 0.6 is 11.6 Å². The molecule has 0 aromatic carbocycles. The Labute approximate surface area is 130 Å². The molecule has 1 saturated carbocycles. The molecular formula is C15H23ClN4O. The van der Waals surface area contributed by atoms with Gasteiger partial charge in [-0.15, -0.1) is 0 Å². The second-order valence-corrected chi connectivity index (χ2v) is 6.05. The number of pyridine rings is 1. The molecule has 0 unspecified atom stereocenters. The first-order valence-corrected chi connectivity index (χ1v) is 7.81. The van der Waals surface area contributed by atoms with Gasteiger partial charge in [-0.25, -0.2) is 4.98 Å². The third-order valence-electron chi connectivity index (χ3n) is 4.53. The third kappa shape index (κ3) is 3.40. The van der Waals surface area contributed by atoms with E-state index in [1.807, 2.05) is 7.05 Å². The summed E-state index contributed by atoms with van der Waals surface area (Å²) in [4.78, 5) is 6.50. The van der Waals surface area contributed by atoms with E-state index in [9.17, 15) is 0 Å². The van der Waals surface area contributed by atoms with Crippen molar-refractivity contribution in [2.24, 2.45) is 16.8 Å². The molecule has 0 amide bonds. The molecule has 0 radical (unpaired) electrons. The Morgan fingerprint density at radius 1 is 1.48 bits per heavy atom. The van der Waals surface area contributed by atoms with Crippen molar-refractivity contribution in [1.29, 1.82) is 0 Å². The largest absolute Gasteiger partial charge is 0.409 e. The number of hydrogen-bond acceptors (Lipinski definition) is 4. The highest BCUT2D eigenvalue weighted by molar-refractivity contribution is 6.36. The number of oxime groups is 1. The lowest BCUT2D eigenvalue weighted by molar-refractivity contribution is 0.313. The molecule has 116 valence electrons. The van der Waals surface area contributed by atoms with Gasteiger partial charge in [0.05, 0.1) is 5.02 Å². The van der Waals surface area contributed by atoms with Gasteiger partial charge in [0, 0.05) is 24.8 Å². The van der Waals surface area contributed by atoms with Crippen LogP contribution in [-0.2, 0) is 0 Å². The monoisotopic (exact) mass is 310 g/mol. The molecule has 1 heterocycles. The highest BCUT2D eigenvalue weighted by Crippen LogP contribution is 2.33. The molecule has 3 N–H and O–H groups in total. The molecule has 0 atom stereocenters. The minimum Gasteiger partial charge on any atom is -0.409 e. The van der Waals surface area contributed by atoms with E-state index in [1.54, 1.807) is 12.3 Å². The van der Waals surface area contributed by atoms with Gasteiger partial charge >= 0.3 is 0 Å². The lowest BCUT2D eigenvalue weighted by atomic mass is 9.84. The van der Waals surface area contributed by atoms with Crippen LogP contribution in [0.2, 0.25) is 5.02 Å². The average Bonchev–Trinajstić information content (AvgIpc) is 2.54. The van der Waals surface area contributed by atoms with E-state index < -0.39 is 0 Å². The fourth-order valence-corrected chi connectivity index (χ4v) is 3.39. The van der Waals surface area contributed by atoms with Crippen LogP contribution in [0.5, 0.6) is 0 Å². The summed E-state index contributed by atoms with van der Waals surface area (Å²) < 4.78 is 0. The maximum atomic E-state index is 8.82. The summed E-state index contributed by atoms with van der Waals surface area (Å²) >= 11 is 6.38. The Morgan fingerprint density at radius 3 is 2.71 bits per heavy atom. The molecule has 1 aromatic heterocycles. The number of nitrogens with zero attached hydrogens (tertiary/aromatic N) is 3. The molecule has 0 saturated heterocycles. The zero-order valence-corrected chi connectivity index (χ0v) is 13.3. The van der Waals surface area contributed by atoms with Gasteiger partial charge in [0.2, 0.25) is 0 Å². The Kier molecular flexibility index (Phi) is 5.28. The minimum absolute atomic E-state index is 0.00624. The van der Waals surface area contributed by atoms with Crippen molar-refractivity contribution < 1.29 is 5.21 Å². The van der Waals surface area contributed by atoms with E-state index in [0.717, 1.165) is 18.8 Å². The quantitative estimate of drug-likeness (QED) is 0.387. The summed E-state index contributed by atoms with van der Waals surface area (Å²) in [6.07, 6.45) is 7.71. The van der Waals surface area contributed by atoms with Gasteiger partial charge < -0.3 is 15.8 Å². The number of rotatable bonds is 4. The summed E-state index contributed by atoms with van der Waals surface area (Å²) in [6.45, 7) is 2.26. The lowest BCUT2D eigenvalue weighted by Gasteiger charge is -2.35. The van der Waals surface area contributed by atoms with Crippen molar-refractivity contribution in [2.45, 2.75) is 45.1 Å². The summed E-state index contributed by atoms with van der Waals surface area (Å²) in [5.41, 5.74) is 6.16. The molecule has 1 aliphatic rings. The second kappa shape index (κ2) is 6.98. The van der Waals surface area contributed by atoms with Crippen molar-refractivity contribution in [3.8, 4) is 0 Å². The number of amidine groups is 1. The first kappa shape index (κ1) is 15.9. The molecule has 0 aliphatic heterocycles. The number of aromatic nitrogens is 1. The predicted molar refractivity (Wildman–Crippen MR) is 86.2 cm³/mol. The number of nitrogens with two attached hydrogens (primary N) is 1. The summed E-state index contributed by atoms with van der Waals surface area (Å²) in [7, 11) is 2.02. The van der Waals surface area contributed by atoms with Gasteiger partial charge in [0.25, 0.3) is 0 Å². The van der Waals surface area contributed by atoms with E-state index >= 15 is 0 Å². The fraction of sp³-hybridized carbons (Fsp3) is 0.600. The molecule has 6 heteroatoms. The Morgan fingerprint density at radius 2 is 2.14 bits per heavy atom. The van der Waals surface area contributed by atoms with Crippen LogP contribution in [0.3, 0.4) is 0 Å². The van der Waals surface area contributed by atoms with Crippen molar-refractivity contribution in [1.82, 2.24) is 4.98 Å². The Balaban J connectivity index is 2.18. The van der Waals surface area contributed by atoms with Crippen molar-refractivity contribution in [2.75, 3.05) is 11.9 Å². The molecule has 21 heavy (non-hydrogen) atoms. The van der Waals surface area contributed by atoms with E-state index in [0.29, 0.717) is 22.4 Å². The van der Waals surface area contributed by atoms with Gasteiger partial charge in [-0.1, -0.05) is 30.1 Å². The first-order chi connectivity index (χ1) is 10.1. The third-order valence-corrected chi connectivity index (χ3v) is 4.90. The van der Waals surface area contributed by atoms with E-state index in [4.69, 9.17) is 22.5 Å². The number of halogens is 1. The molecular weight excluding hydrogens is 288 g/mol. The molecule has 2 rings (SSSR count). The van der Waals surface area contributed by atoms with Gasteiger partial charge in [-0.05, 0) is 37.7 Å². The van der Waals surface area contributed by atoms with Crippen LogP contribution < -0.4 is 10.6 Å². The predicted octanol–water partition coefficient (Wildman–Crippen LogP) is 3.23. The van der Waals surface area contributed by atoms with Crippen LogP contribution in [0, 0.1) is 5.92 Å². The maximum absolute atomic E-state index is 8.82. The zero-order valence-electron chi connectivity index (χ0n) is 12.6. The van der Waals surface area contributed by atoms with Gasteiger partial charge in [0.1, 0.15) is 5.82 Å². The van der Waals surface area contributed by atoms with Crippen molar-refractivity contribution in [3.05, 3.63) is 22.8 Å². The molecule has 0 bridgehead atoms. The molecule has 5 nitrogen and oxygen atoms in total.